The molecule has 0 spiro atoms. The highest BCUT2D eigenvalue weighted by Gasteiger charge is 2.64. The first-order valence-electron chi connectivity index (χ1n) is 23.1. The van der Waals surface area contributed by atoms with E-state index in [-0.39, 0.29) is 66.0 Å². The van der Waals surface area contributed by atoms with Gasteiger partial charge in [0.05, 0.1) is 30.6 Å². The molecule has 0 aromatic heterocycles. The maximum Gasteiger partial charge on any atom is 0.409 e. The standard InChI is InChI=1S/C47H64ClIN6O13S/c1-25-10-9-11-35(65-8)47(63)23-33(66-45(62)50-47)26(2)41-46(4,68-41)36(22-38(57)54(6)31-19-29(18-25)20-32(64-7)40(31)48)67-44(61)27(3)53(5)37(56)16-17-69-34-21-39(58)55(43(34)60)24-28-12-14-30(15-13-28)42(59)51-52-49/h9-11,19-20,26-28,30,33-36,41,52,63H,12-18,21-24H2,1-8H3,(H,50,62)(H,51,59)/b11-9+,25-10+/t26-,27+,28?,30?,33+,34?,35-,36+,41+,46+,47+/m1/s1. The number of imide groups is 1. The molecule has 0 radical (unpaired) electrons. The van der Waals surface area contributed by atoms with Gasteiger partial charge in [0.1, 0.15) is 40.7 Å². The molecular formula is C47H64ClIN6O13S. The van der Waals surface area contributed by atoms with E-state index in [1.165, 1.54) is 54.7 Å². The molecule has 6 rings (SSSR count). The number of benzene rings is 1. The van der Waals surface area contributed by atoms with Crippen molar-refractivity contribution in [2.24, 2.45) is 17.8 Å². The van der Waals surface area contributed by atoms with Crippen LogP contribution >= 0.6 is 46.2 Å². The van der Waals surface area contributed by atoms with Gasteiger partial charge in [-0.1, -0.05) is 42.3 Å². The number of anilines is 1. The van der Waals surface area contributed by atoms with Crippen LogP contribution in [0.15, 0.2) is 35.9 Å². The zero-order chi connectivity index (χ0) is 50.5. The lowest BCUT2D eigenvalue weighted by Gasteiger charge is -2.42. The molecule has 19 nitrogen and oxygen atoms in total. The molecule has 4 N–H and O–H groups in total. The lowest BCUT2D eigenvalue weighted by atomic mass is 9.81. The largest absolute Gasteiger partial charge is 0.495 e. The minimum absolute atomic E-state index is 0.0270. The van der Waals surface area contributed by atoms with Crippen LogP contribution in [0.25, 0.3) is 0 Å². The van der Waals surface area contributed by atoms with E-state index in [4.69, 9.17) is 35.3 Å². The third-order valence-electron chi connectivity index (χ3n) is 14.2. The number of halogens is 2. The number of nitrogens with zero attached hydrogens (tertiary/aromatic N) is 3. The second-order valence-corrected chi connectivity index (χ2v) is 21.1. The predicted molar refractivity (Wildman–Crippen MR) is 264 cm³/mol. The van der Waals surface area contributed by atoms with E-state index < -0.39 is 76.8 Å². The fourth-order valence-electron chi connectivity index (χ4n) is 9.67. The number of ether oxygens (including phenoxy) is 5. The highest BCUT2D eigenvalue weighted by Crippen LogP contribution is 2.49. The normalized spacial score (nSPS) is 32.4. The number of hydrogen-bond acceptors (Lipinski definition) is 15. The lowest BCUT2D eigenvalue weighted by Crippen LogP contribution is -2.63. The summed E-state index contributed by atoms with van der Waals surface area (Å²) in [6.45, 7) is 7.17. The number of likely N-dealkylation sites (tertiary alicyclic amines) is 1. The molecule has 1 aliphatic carbocycles. The summed E-state index contributed by atoms with van der Waals surface area (Å²) < 4.78 is 32.0. The molecule has 69 heavy (non-hydrogen) atoms. The fraction of sp³-hybridized carbons (Fsp3) is 0.638. The number of alkyl carbamates (subject to hydrolysis) is 1. The summed E-state index contributed by atoms with van der Waals surface area (Å²) >= 11 is 9.88. The van der Waals surface area contributed by atoms with Crippen molar-refractivity contribution < 1.29 is 62.4 Å². The maximum absolute atomic E-state index is 14.3. The van der Waals surface area contributed by atoms with E-state index in [1.807, 2.05) is 35.9 Å². The molecule has 4 heterocycles. The van der Waals surface area contributed by atoms with Gasteiger partial charge in [0.25, 0.3) is 0 Å². The van der Waals surface area contributed by atoms with Crippen molar-refractivity contribution in [1.29, 1.82) is 0 Å². The summed E-state index contributed by atoms with van der Waals surface area (Å²) in [7, 11) is 5.90. The number of hydrazine groups is 1. The predicted octanol–water partition coefficient (Wildman–Crippen LogP) is 4.54. The zero-order valence-corrected chi connectivity index (χ0v) is 43.9. The van der Waals surface area contributed by atoms with Gasteiger partial charge >= 0.3 is 12.1 Å². The van der Waals surface area contributed by atoms with Crippen LogP contribution in [-0.4, -0.2) is 144 Å². The molecule has 22 heteroatoms. The van der Waals surface area contributed by atoms with Gasteiger partial charge in [-0.25, -0.2) is 9.59 Å². The monoisotopic (exact) mass is 1110 g/mol. The van der Waals surface area contributed by atoms with E-state index in [9.17, 15) is 38.7 Å². The summed E-state index contributed by atoms with van der Waals surface area (Å²) in [5, 5.41) is 13.9. The van der Waals surface area contributed by atoms with Gasteiger partial charge in [-0.3, -0.25) is 39.6 Å². The van der Waals surface area contributed by atoms with Gasteiger partial charge in [-0.15, -0.1) is 11.8 Å². The number of thioether (sulfide) groups is 1. The molecule has 1 aromatic carbocycles. The van der Waals surface area contributed by atoms with E-state index >= 15 is 0 Å². The first-order valence-corrected chi connectivity index (χ1v) is 25.6. The summed E-state index contributed by atoms with van der Waals surface area (Å²) in [5.74, 6) is -2.37. The third kappa shape index (κ3) is 12.6. The first-order chi connectivity index (χ1) is 32.6. The van der Waals surface area contributed by atoms with Crippen molar-refractivity contribution >= 4 is 93.5 Å². The number of methoxy groups -OCH3 is 2. The van der Waals surface area contributed by atoms with Crippen LogP contribution < -0.4 is 24.0 Å². The number of amides is 6. The minimum atomic E-state index is -1.87. The Hall–Kier alpha value is -4.00. The SMILES string of the molecule is COc1cc2cc(c1Cl)N(C)C(=O)C[C@H](OC(=O)[C@H](C)N(C)C(=O)CCSC1CC(=O)N(CC3CCC(C(=O)NNI)CC3)C1=O)[C@]1(C)O[C@H]1[C@H](C)[C@@H]1C[C@@](O)(NC(=O)O1)[C@H](OC)/C=C/C=C(\C)C2. The molecule has 1 saturated carbocycles. The second-order valence-electron chi connectivity index (χ2n) is 18.9. The Morgan fingerprint density at radius 3 is 2.49 bits per heavy atom. The highest BCUT2D eigenvalue weighted by molar-refractivity contribution is 14.1. The number of hydrogen-bond donors (Lipinski definition) is 4. The fourth-order valence-corrected chi connectivity index (χ4v) is 11.4. The van der Waals surface area contributed by atoms with Gasteiger partial charge in [0.2, 0.25) is 29.5 Å². The molecule has 380 valence electrons. The summed E-state index contributed by atoms with van der Waals surface area (Å²) in [6, 6.07) is 2.42. The van der Waals surface area contributed by atoms with Gasteiger partial charge < -0.3 is 38.6 Å². The Kier molecular flexibility index (Phi) is 18.1. The molecule has 9 atom stereocenters. The van der Waals surface area contributed by atoms with Crippen LogP contribution in [-0.2, 0) is 54.1 Å². The average molecular weight is 1120 g/mol. The third-order valence-corrected chi connectivity index (χ3v) is 16.1. The second kappa shape index (κ2) is 23.0. The van der Waals surface area contributed by atoms with Crippen molar-refractivity contribution in [2.45, 2.75) is 133 Å². The number of esters is 1. The number of epoxide rings is 1. The van der Waals surface area contributed by atoms with Crippen LogP contribution in [0, 0.1) is 17.8 Å². The van der Waals surface area contributed by atoms with Gasteiger partial charge in [0.15, 0.2) is 5.72 Å². The molecule has 1 unspecified atom stereocenters. The van der Waals surface area contributed by atoms with Crippen molar-refractivity contribution in [3.8, 4) is 5.75 Å². The number of likely N-dealkylation sites (N-methyl/N-ethyl adjacent to an activating group) is 1. The van der Waals surface area contributed by atoms with Crippen LogP contribution in [0.5, 0.6) is 5.75 Å². The highest BCUT2D eigenvalue weighted by atomic mass is 127. The van der Waals surface area contributed by atoms with Crippen LogP contribution in [0.2, 0.25) is 5.02 Å². The molecule has 3 saturated heterocycles. The molecule has 1 aromatic rings. The number of rotatable bonds is 13. The van der Waals surface area contributed by atoms with Crippen molar-refractivity contribution in [3.05, 3.63) is 46.5 Å². The topological polar surface area (TPSA) is 235 Å². The van der Waals surface area contributed by atoms with Crippen LogP contribution in [0.1, 0.15) is 84.6 Å². The molecule has 6 amide bonds. The molecule has 4 fully saturated rings. The van der Waals surface area contributed by atoms with Crippen LogP contribution in [0.3, 0.4) is 0 Å². The first kappa shape index (κ1) is 54.3. The number of carbonyl (C=O) groups is 7. The number of aliphatic hydroxyl groups is 1. The summed E-state index contributed by atoms with van der Waals surface area (Å²) in [5.41, 5.74) is 1.46. The summed E-state index contributed by atoms with van der Waals surface area (Å²) in [4.78, 5) is 97.4. The van der Waals surface area contributed by atoms with E-state index in [0.717, 1.165) is 24.0 Å². The van der Waals surface area contributed by atoms with Crippen LogP contribution in [0.4, 0.5) is 10.5 Å². The van der Waals surface area contributed by atoms with E-state index in [0.29, 0.717) is 37.2 Å². The Morgan fingerprint density at radius 2 is 1.83 bits per heavy atom. The number of nitrogens with one attached hydrogen (secondary N) is 3. The van der Waals surface area contributed by atoms with Gasteiger partial charge in [0, 0.05) is 87.5 Å². The molecule has 4 aliphatic heterocycles. The van der Waals surface area contributed by atoms with E-state index in [2.05, 4.69) is 14.4 Å². The number of allylic oxidation sites excluding steroid dienone is 3. The Balaban J connectivity index is 1.14. The Labute approximate surface area is 425 Å². The number of fused-ring (bicyclic) bond motifs is 5. The van der Waals surface area contributed by atoms with Crippen molar-refractivity contribution in [2.75, 3.05) is 45.5 Å². The van der Waals surface area contributed by atoms with Crippen molar-refractivity contribution in [1.82, 2.24) is 24.2 Å². The zero-order valence-electron chi connectivity index (χ0n) is 40.2. The molecule has 5 aliphatic rings. The molecular weight excluding hydrogens is 1050 g/mol. The average Bonchev–Trinajstić information content (AvgIpc) is 3.94. The number of carbonyl (C=O) groups excluding carboxylic acids is 7. The quantitative estimate of drug-likeness (QED) is 0.0530. The molecule has 4 bridgehead atoms. The van der Waals surface area contributed by atoms with Gasteiger partial charge in [-0.05, 0) is 76.5 Å². The Morgan fingerprint density at radius 1 is 1.12 bits per heavy atom. The maximum atomic E-state index is 14.3. The lowest BCUT2D eigenvalue weighted by molar-refractivity contribution is -0.162. The smallest absolute Gasteiger partial charge is 0.409 e. The van der Waals surface area contributed by atoms with Crippen molar-refractivity contribution in [3.63, 3.8) is 0 Å². The summed E-state index contributed by atoms with van der Waals surface area (Å²) in [6.07, 6.45) is 3.23. The van der Waals surface area contributed by atoms with E-state index in [1.54, 1.807) is 45.2 Å². The Bertz CT molecular complexity index is 2210. The van der Waals surface area contributed by atoms with Gasteiger partial charge in [-0.2, -0.15) is 3.64 Å². The minimum Gasteiger partial charge on any atom is -0.495 e.